The molecule has 0 bridgehead atoms. The van der Waals surface area contributed by atoms with E-state index in [9.17, 15) is 8.42 Å². The van der Waals surface area contributed by atoms with Gasteiger partial charge in [0.15, 0.2) is 0 Å². The Morgan fingerprint density at radius 1 is 1.26 bits per heavy atom. The van der Waals surface area contributed by atoms with Crippen LogP contribution in [-0.2, 0) is 16.6 Å². The molecule has 0 aliphatic heterocycles. The predicted octanol–water partition coefficient (Wildman–Crippen LogP) is 2.79. The van der Waals surface area contributed by atoms with Crippen LogP contribution in [0.4, 0.5) is 5.69 Å². The second-order valence-corrected chi connectivity index (χ2v) is 8.31. The number of rotatable bonds is 12. The summed E-state index contributed by atoms with van der Waals surface area (Å²) in [6.45, 7) is 14.6. The summed E-state index contributed by atoms with van der Waals surface area (Å²) < 4.78 is 27.4. The lowest BCUT2D eigenvalue weighted by atomic mass is 10.2. The molecule has 7 heteroatoms. The van der Waals surface area contributed by atoms with Crippen LogP contribution in [0, 0.1) is 0 Å². The van der Waals surface area contributed by atoms with Crippen molar-refractivity contribution in [1.82, 2.24) is 10.2 Å². The molecule has 0 saturated carbocycles. The zero-order valence-corrected chi connectivity index (χ0v) is 17.4. The standard InChI is InChI=1S/C20H32N4O2S/c1-6-13-24(5)14-12-22-15-18-8-10-19(11-9-18)23-27(25,26)17(4)20(21)16(3)7-2/h7-11,22-23H,2-3,6,12-15,21H2,1,4-5H3/b20-17-. The highest BCUT2D eigenvalue weighted by atomic mass is 32.2. The van der Waals surface area contributed by atoms with Crippen molar-refractivity contribution >= 4 is 15.7 Å². The number of nitrogens with two attached hydrogens (primary N) is 1. The first-order chi connectivity index (χ1) is 12.7. The summed E-state index contributed by atoms with van der Waals surface area (Å²) in [5.41, 5.74) is 7.87. The number of benzene rings is 1. The molecule has 0 aliphatic rings. The number of hydrogen-bond acceptors (Lipinski definition) is 5. The minimum atomic E-state index is -3.74. The molecule has 0 saturated heterocycles. The van der Waals surface area contributed by atoms with E-state index < -0.39 is 10.0 Å². The molecule has 1 aromatic rings. The van der Waals surface area contributed by atoms with Gasteiger partial charge in [0.1, 0.15) is 0 Å². The maximum absolute atomic E-state index is 12.4. The van der Waals surface area contributed by atoms with E-state index in [1.807, 2.05) is 12.1 Å². The lowest BCUT2D eigenvalue weighted by Crippen LogP contribution is -2.29. The minimum Gasteiger partial charge on any atom is -0.397 e. The van der Waals surface area contributed by atoms with Crippen molar-refractivity contribution in [1.29, 1.82) is 0 Å². The molecular formula is C20H32N4O2S. The van der Waals surface area contributed by atoms with Crippen molar-refractivity contribution < 1.29 is 8.42 Å². The second-order valence-electron chi connectivity index (χ2n) is 6.48. The van der Waals surface area contributed by atoms with E-state index in [-0.39, 0.29) is 10.6 Å². The fourth-order valence-electron chi connectivity index (χ4n) is 2.40. The average molecular weight is 393 g/mol. The first-order valence-corrected chi connectivity index (χ1v) is 10.5. The van der Waals surface area contributed by atoms with E-state index in [2.05, 4.69) is 42.1 Å². The number of nitrogens with one attached hydrogen (secondary N) is 2. The van der Waals surface area contributed by atoms with Crippen molar-refractivity contribution in [3.63, 3.8) is 0 Å². The molecule has 6 nitrogen and oxygen atoms in total. The molecule has 150 valence electrons. The van der Waals surface area contributed by atoms with Gasteiger partial charge in [-0.1, -0.05) is 38.3 Å². The fraction of sp³-hybridized carbons (Fsp3) is 0.400. The van der Waals surface area contributed by atoms with Crippen LogP contribution >= 0.6 is 0 Å². The summed E-state index contributed by atoms with van der Waals surface area (Å²) in [6, 6.07) is 7.27. The molecule has 0 aromatic heterocycles. The molecule has 0 heterocycles. The highest BCUT2D eigenvalue weighted by Crippen LogP contribution is 2.18. The van der Waals surface area contributed by atoms with E-state index in [0.29, 0.717) is 11.3 Å². The summed E-state index contributed by atoms with van der Waals surface area (Å²) in [5, 5.41) is 3.39. The maximum Gasteiger partial charge on any atom is 0.259 e. The molecule has 0 amide bonds. The van der Waals surface area contributed by atoms with Crippen molar-refractivity contribution in [2.24, 2.45) is 5.73 Å². The van der Waals surface area contributed by atoms with E-state index in [4.69, 9.17) is 5.73 Å². The van der Waals surface area contributed by atoms with Crippen LogP contribution in [0.25, 0.3) is 0 Å². The van der Waals surface area contributed by atoms with Gasteiger partial charge in [0.05, 0.1) is 10.6 Å². The third kappa shape index (κ3) is 7.58. The van der Waals surface area contributed by atoms with Gasteiger partial charge < -0.3 is 16.0 Å². The number of anilines is 1. The molecule has 0 spiro atoms. The third-order valence-corrected chi connectivity index (χ3v) is 5.72. The second kappa shape index (κ2) is 10.9. The summed E-state index contributed by atoms with van der Waals surface area (Å²) in [6.07, 6.45) is 2.58. The predicted molar refractivity (Wildman–Crippen MR) is 115 cm³/mol. The Morgan fingerprint density at radius 2 is 1.89 bits per heavy atom. The molecule has 0 fully saturated rings. The van der Waals surface area contributed by atoms with Crippen LogP contribution in [0.3, 0.4) is 0 Å². The summed E-state index contributed by atoms with van der Waals surface area (Å²) in [4.78, 5) is 2.31. The van der Waals surface area contributed by atoms with E-state index in [1.54, 1.807) is 12.1 Å². The normalized spacial score (nSPS) is 12.6. The van der Waals surface area contributed by atoms with Crippen LogP contribution < -0.4 is 15.8 Å². The summed E-state index contributed by atoms with van der Waals surface area (Å²) >= 11 is 0. The monoisotopic (exact) mass is 392 g/mol. The lowest BCUT2D eigenvalue weighted by Gasteiger charge is -2.15. The Balaban J connectivity index is 2.64. The maximum atomic E-state index is 12.4. The van der Waals surface area contributed by atoms with Crippen LogP contribution in [-0.4, -0.2) is 40.0 Å². The van der Waals surface area contributed by atoms with Crippen molar-refractivity contribution in [2.75, 3.05) is 31.4 Å². The Morgan fingerprint density at radius 3 is 2.44 bits per heavy atom. The van der Waals surface area contributed by atoms with Crippen LogP contribution in [0.5, 0.6) is 0 Å². The number of likely N-dealkylation sites (N-methyl/N-ethyl adjacent to an activating group) is 1. The van der Waals surface area contributed by atoms with Gasteiger partial charge in [-0.15, -0.1) is 0 Å². The van der Waals surface area contributed by atoms with Gasteiger partial charge in [0.25, 0.3) is 10.0 Å². The molecule has 1 rings (SSSR count). The van der Waals surface area contributed by atoms with Gasteiger partial charge in [-0.05, 0) is 50.2 Å². The van der Waals surface area contributed by atoms with Crippen LogP contribution in [0.15, 0.2) is 59.7 Å². The Bertz CT molecular complexity index is 768. The van der Waals surface area contributed by atoms with Crippen LogP contribution in [0.2, 0.25) is 0 Å². The topological polar surface area (TPSA) is 87.5 Å². The highest BCUT2D eigenvalue weighted by molar-refractivity contribution is 7.96. The number of hydrogen-bond donors (Lipinski definition) is 3. The lowest BCUT2D eigenvalue weighted by molar-refractivity contribution is 0.332. The number of nitrogens with zero attached hydrogens (tertiary/aromatic N) is 1. The molecular weight excluding hydrogens is 360 g/mol. The minimum absolute atomic E-state index is 0.0225. The molecule has 0 atom stereocenters. The van der Waals surface area contributed by atoms with Gasteiger partial charge in [-0.25, -0.2) is 8.42 Å². The Hall–Kier alpha value is -2.09. The Kier molecular flexibility index (Phi) is 9.28. The SMILES string of the molecule is C=CC(=C)/C(N)=C(\C)S(=O)(=O)Nc1ccc(CNCCN(C)CCC)cc1. The van der Waals surface area contributed by atoms with Gasteiger partial charge >= 0.3 is 0 Å². The smallest absolute Gasteiger partial charge is 0.259 e. The zero-order chi connectivity index (χ0) is 20.4. The van der Waals surface area contributed by atoms with Gasteiger partial charge in [0, 0.05) is 25.3 Å². The quantitative estimate of drug-likeness (QED) is 0.376. The van der Waals surface area contributed by atoms with Gasteiger partial charge in [-0.2, -0.15) is 0 Å². The van der Waals surface area contributed by atoms with Crippen LogP contribution in [0.1, 0.15) is 25.8 Å². The average Bonchev–Trinajstić information content (AvgIpc) is 2.64. The first-order valence-electron chi connectivity index (χ1n) is 9.00. The molecule has 1 aromatic carbocycles. The number of sulfonamides is 1. The Labute approximate surface area is 163 Å². The van der Waals surface area contributed by atoms with Crippen molar-refractivity contribution in [3.8, 4) is 0 Å². The first kappa shape index (κ1) is 23.0. The van der Waals surface area contributed by atoms with Gasteiger partial charge in [-0.3, -0.25) is 4.72 Å². The summed E-state index contributed by atoms with van der Waals surface area (Å²) in [7, 11) is -1.63. The zero-order valence-electron chi connectivity index (χ0n) is 16.6. The summed E-state index contributed by atoms with van der Waals surface area (Å²) in [5.74, 6) is 0. The fourth-order valence-corrected chi connectivity index (χ4v) is 3.42. The van der Waals surface area contributed by atoms with E-state index in [1.165, 1.54) is 13.0 Å². The van der Waals surface area contributed by atoms with E-state index in [0.717, 1.165) is 38.2 Å². The largest absolute Gasteiger partial charge is 0.397 e. The van der Waals surface area contributed by atoms with Crippen molar-refractivity contribution in [2.45, 2.75) is 26.8 Å². The number of allylic oxidation sites excluding steroid dienone is 2. The molecule has 27 heavy (non-hydrogen) atoms. The third-order valence-electron chi connectivity index (χ3n) is 4.19. The molecule has 4 N–H and O–H groups in total. The van der Waals surface area contributed by atoms with E-state index >= 15 is 0 Å². The van der Waals surface area contributed by atoms with Crippen molar-refractivity contribution in [3.05, 3.63) is 65.2 Å². The molecule has 0 unspecified atom stereocenters. The molecule has 0 aliphatic carbocycles. The highest BCUT2D eigenvalue weighted by Gasteiger charge is 2.17. The van der Waals surface area contributed by atoms with Gasteiger partial charge in [0.2, 0.25) is 0 Å². The molecule has 0 radical (unpaired) electrons.